The Kier molecular flexibility index (Phi) is 6.27. The van der Waals surface area contributed by atoms with E-state index >= 15 is 0 Å². The Morgan fingerprint density at radius 1 is 1.27 bits per heavy atom. The summed E-state index contributed by atoms with van der Waals surface area (Å²) in [7, 11) is -3.03. The number of anilines is 1. The number of amides is 1. The van der Waals surface area contributed by atoms with Crippen LogP contribution in [0.3, 0.4) is 0 Å². The first-order valence-corrected chi connectivity index (χ1v) is 11.6. The summed E-state index contributed by atoms with van der Waals surface area (Å²) in [6.07, 6.45) is 6.39. The molecule has 0 aliphatic carbocycles. The van der Waals surface area contributed by atoms with Gasteiger partial charge < -0.3 is 14.2 Å². The van der Waals surface area contributed by atoms with Gasteiger partial charge in [0.15, 0.2) is 15.7 Å². The molecule has 26 heavy (non-hydrogen) atoms. The van der Waals surface area contributed by atoms with Crippen molar-refractivity contribution in [3.63, 3.8) is 0 Å². The van der Waals surface area contributed by atoms with Gasteiger partial charge in [-0.05, 0) is 38.2 Å². The van der Waals surface area contributed by atoms with Gasteiger partial charge in [-0.15, -0.1) is 0 Å². The maximum Gasteiger partial charge on any atom is 0.223 e. The number of rotatable bonds is 7. The van der Waals surface area contributed by atoms with E-state index < -0.39 is 9.84 Å². The van der Waals surface area contributed by atoms with E-state index in [2.05, 4.69) is 11.8 Å². The van der Waals surface area contributed by atoms with Gasteiger partial charge >= 0.3 is 0 Å². The highest BCUT2D eigenvalue weighted by molar-refractivity contribution is 7.91. The van der Waals surface area contributed by atoms with Crippen molar-refractivity contribution in [2.24, 2.45) is 0 Å². The van der Waals surface area contributed by atoms with Crippen LogP contribution in [0.1, 0.15) is 57.6 Å². The highest BCUT2D eigenvalue weighted by Gasteiger charge is 2.35. The maximum atomic E-state index is 12.7. The summed E-state index contributed by atoms with van der Waals surface area (Å²) in [5.74, 6) is 1.88. The summed E-state index contributed by atoms with van der Waals surface area (Å²) in [5.41, 5.74) is 0. The lowest BCUT2D eigenvalue weighted by Gasteiger charge is -2.28. The van der Waals surface area contributed by atoms with E-state index in [4.69, 9.17) is 4.42 Å². The van der Waals surface area contributed by atoms with Crippen molar-refractivity contribution in [2.45, 2.75) is 64.5 Å². The fourth-order valence-electron chi connectivity index (χ4n) is 3.82. The molecular weight excluding hydrogens is 352 g/mol. The first-order valence-electron chi connectivity index (χ1n) is 9.82. The molecule has 6 nitrogen and oxygen atoms in total. The highest BCUT2D eigenvalue weighted by atomic mass is 32.2. The third kappa shape index (κ3) is 4.81. The molecule has 0 radical (unpaired) electrons. The molecule has 0 spiro atoms. The molecule has 0 N–H and O–H groups in total. The SMILES string of the molecule is CCCCC(=O)N(Cc1ccc(N2CCCCC2)o1)C1CCS(=O)(=O)C1. The van der Waals surface area contributed by atoms with Crippen LogP contribution in [0.4, 0.5) is 5.88 Å². The average molecular weight is 383 g/mol. The second-order valence-corrected chi connectivity index (χ2v) is 9.70. The number of hydrogen-bond donors (Lipinski definition) is 0. The van der Waals surface area contributed by atoms with E-state index in [1.165, 1.54) is 19.3 Å². The molecule has 3 rings (SSSR count). The molecule has 2 fully saturated rings. The van der Waals surface area contributed by atoms with Crippen LogP contribution >= 0.6 is 0 Å². The summed E-state index contributed by atoms with van der Waals surface area (Å²) in [6.45, 7) is 4.42. The molecule has 3 heterocycles. The largest absolute Gasteiger partial charge is 0.444 e. The number of nitrogens with zero attached hydrogens (tertiary/aromatic N) is 2. The number of unbranched alkanes of at least 4 members (excludes halogenated alkanes) is 1. The van der Waals surface area contributed by atoms with Crippen LogP contribution in [-0.4, -0.2) is 49.9 Å². The molecule has 1 unspecified atom stereocenters. The molecule has 2 saturated heterocycles. The van der Waals surface area contributed by atoms with E-state index in [9.17, 15) is 13.2 Å². The molecular formula is C19H30N2O4S. The van der Waals surface area contributed by atoms with Gasteiger partial charge in [0.1, 0.15) is 5.76 Å². The zero-order chi connectivity index (χ0) is 18.6. The third-order valence-electron chi connectivity index (χ3n) is 5.36. The van der Waals surface area contributed by atoms with Crippen LogP contribution < -0.4 is 4.90 Å². The van der Waals surface area contributed by atoms with Crippen LogP contribution in [-0.2, 0) is 21.2 Å². The van der Waals surface area contributed by atoms with Crippen molar-refractivity contribution in [1.29, 1.82) is 0 Å². The number of piperidine rings is 1. The monoisotopic (exact) mass is 382 g/mol. The average Bonchev–Trinajstić information content (AvgIpc) is 3.24. The number of carbonyl (C=O) groups excluding carboxylic acids is 1. The van der Waals surface area contributed by atoms with Gasteiger partial charge in [0.2, 0.25) is 5.91 Å². The molecule has 1 aromatic rings. The second-order valence-electron chi connectivity index (χ2n) is 7.47. The molecule has 0 bridgehead atoms. The van der Waals surface area contributed by atoms with Gasteiger partial charge in [-0.1, -0.05) is 13.3 Å². The smallest absolute Gasteiger partial charge is 0.223 e. The summed E-state index contributed by atoms with van der Waals surface area (Å²) in [6, 6.07) is 3.67. The van der Waals surface area contributed by atoms with Gasteiger partial charge in [-0.2, -0.15) is 0 Å². The van der Waals surface area contributed by atoms with Crippen molar-refractivity contribution < 1.29 is 17.6 Å². The lowest BCUT2D eigenvalue weighted by Crippen LogP contribution is -2.40. The summed E-state index contributed by atoms with van der Waals surface area (Å²) >= 11 is 0. The first-order chi connectivity index (χ1) is 12.5. The Morgan fingerprint density at radius 3 is 2.69 bits per heavy atom. The Balaban J connectivity index is 1.70. The lowest BCUT2D eigenvalue weighted by molar-refractivity contribution is -0.134. The Morgan fingerprint density at radius 2 is 2.04 bits per heavy atom. The normalized spacial score (nSPS) is 22.5. The number of hydrogen-bond acceptors (Lipinski definition) is 5. The van der Waals surface area contributed by atoms with E-state index in [-0.39, 0.29) is 23.5 Å². The first kappa shape index (κ1) is 19.3. The van der Waals surface area contributed by atoms with Gasteiger partial charge in [0, 0.05) is 31.6 Å². The number of sulfone groups is 1. The summed E-state index contributed by atoms with van der Waals surface area (Å²) in [5, 5.41) is 0. The Hall–Kier alpha value is -1.50. The van der Waals surface area contributed by atoms with Crippen LogP contribution in [0, 0.1) is 0 Å². The van der Waals surface area contributed by atoms with Crippen molar-refractivity contribution in [3.8, 4) is 0 Å². The third-order valence-corrected chi connectivity index (χ3v) is 7.11. The molecule has 1 aromatic heterocycles. The molecule has 0 saturated carbocycles. The van der Waals surface area contributed by atoms with Crippen LogP contribution in [0.2, 0.25) is 0 Å². The maximum absolute atomic E-state index is 12.7. The van der Waals surface area contributed by atoms with Gasteiger partial charge in [-0.3, -0.25) is 4.79 Å². The van der Waals surface area contributed by atoms with E-state index in [1.54, 1.807) is 4.90 Å². The highest BCUT2D eigenvalue weighted by Crippen LogP contribution is 2.26. The Labute approximate surface area is 156 Å². The predicted molar refractivity (Wildman–Crippen MR) is 102 cm³/mol. The van der Waals surface area contributed by atoms with E-state index in [0.717, 1.165) is 37.6 Å². The summed E-state index contributed by atoms with van der Waals surface area (Å²) in [4.78, 5) is 16.7. The molecule has 7 heteroatoms. The second kappa shape index (κ2) is 8.46. The molecule has 2 aliphatic rings. The minimum atomic E-state index is -3.03. The number of carbonyl (C=O) groups is 1. The lowest BCUT2D eigenvalue weighted by atomic mass is 10.1. The topological polar surface area (TPSA) is 70.8 Å². The number of furan rings is 1. The van der Waals surface area contributed by atoms with Crippen LogP contribution in [0.15, 0.2) is 16.5 Å². The molecule has 1 amide bonds. The molecule has 146 valence electrons. The molecule has 1 atom stereocenters. The zero-order valence-corrected chi connectivity index (χ0v) is 16.5. The Bertz CT molecular complexity index is 707. The van der Waals surface area contributed by atoms with Crippen LogP contribution in [0.25, 0.3) is 0 Å². The minimum absolute atomic E-state index is 0.0323. The van der Waals surface area contributed by atoms with E-state index in [1.807, 2.05) is 12.1 Å². The molecule has 0 aromatic carbocycles. The predicted octanol–water partition coefficient (Wildman–Crippen LogP) is 2.98. The fraction of sp³-hybridized carbons (Fsp3) is 0.737. The van der Waals surface area contributed by atoms with Crippen molar-refractivity contribution >= 4 is 21.6 Å². The van der Waals surface area contributed by atoms with Gasteiger partial charge in [-0.25, -0.2) is 8.42 Å². The zero-order valence-electron chi connectivity index (χ0n) is 15.7. The minimum Gasteiger partial charge on any atom is -0.444 e. The molecule has 2 aliphatic heterocycles. The fourth-order valence-corrected chi connectivity index (χ4v) is 5.55. The van der Waals surface area contributed by atoms with Gasteiger partial charge in [0.05, 0.1) is 18.1 Å². The quantitative estimate of drug-likeness (QED) is 0.725. The summed E-state index contributed by atoms with van der Waals surface area (Å²) < 4.78 is 29.8. The van der Waals surface area contributed by atoms with Crippen molar-refractivity contribution in [1.82, 2.24) is 4.90 Å². The van der Waals surface area contributed by atoms with Crippen molar-refractivity contribution in [2.75, 3.05) is 29.5 Å². The van der Waals surface area contributed by atoms with Crippen molar-refractivity contribution in [3.05, 3.63) is 17.9 Å². The standard InChI is InChI=1S/C19H30N2O4S/c1-2-3-7-18(22)21(16-10-13-26(23,24)15-16)14-17-8-9-19(25-17)20-11-5-4-6-12-20/h8-9,16H,2-7,10-15H2,1H3. The van der Waals surface area contributed by atoms with Crippen LogP contribution in [0.5, 0.6) is 0 Å². The van der Waals surface area contributed by atoms with E-state index in [0.29, 0.717) is 19.4 Å². The van der Waals surface area contributed by atoms with Gasteiger partial charge in [0.25, 0.3) is 0 Å².